The zero-order valence-corrected chi connectivity index (χ0v) is 51.7. The summed E-state index contributed by atoms with van der Waals surface area (Å²) in [4.78, 5) is 61.8. The van der Waals surface area contributed by atoms with Crippen LogP contribution in [0.1, 0.15) is 79.1 Å². The third-order valence-corrected chi connectivity index (χ3v) is 16.5. The number of hydrogen-bond acceptors (Lipinski definition) is 10. The van der Waals surface area contributed by atoms with Gasteiger partial charge in [-0.3, -0.25) is 29.0 Å². The molecule has 9 aromatic rings. The molecule has 0 saturated heterocycles. The Bertz CT molecular complexity index is 3850. The number of rotatable bonds is 19. The van der Waals surface area contributed by atoms with Crippen molar-refractivity contribution in [3.05, 3.63) is 239 Å². The van der Waals surface area contributed by atoms with Crippen LogP contribution in [0.25, 0.3) is 55.4 Å². The number of carbonyl (C=O) groups is 5. The third kappa shape index (κ3) is 17.4. The molecule has 0 aliphatic heterocycles. The zero-order valence-electron chi connectivity index (χ0n) is 51.7. The molecule has 1 amide bonds. The van der Waals surface area contributed by atoms with Crippen LogP contribution < -0.4 is 26.6 Å². The van der Waals surface area contributed by atoms with Crippen molar-refractivity contribution in [2.24, 2.45) is 0 Å². The standard InChI is InChI=1S/C20H20N2O.C19H22N2O2.C19H21NO.C18H19NO/c1-14(23)20(21-2)11-15-7-9-16(10-8-15)18-12-17-5-3-4-6-19(17)22-13-18;1-13(22)19(20-3)11-15-7-9-16(10-8-15)17-5-4-6-18(12-17)21-14(2)23;1-13(21)19(20-2)12-14-7-10-18-16(11-14)9-8-15-5-3-4-6-17(15)18;1-12(20)18(19-2)10-13-7-8-17-15(9-13)11-14-5-3-4-6-16(14)17/h3-10,12-13,20-21H,11H2,1-2H3;4-10,12,19-20H,11H2,1-3H3,(H,21,23);3-7,10-11,19-20H,8-9,12H2,1-2H3;3-9,18-19H,10-11H2,1-2H3/t20-;2*19-;18-/m0000/s1. The fourth-order valence-corrected chi connectivity index (χ4v) is 11.5. The van der Waals surface area contributed by atoms with E-state index in [1.165, 1.54) is 62.6 Å². The van der Waals surface area contributed by atoms with Crippen molar-refractivity contribution in [3.8, 4) is 44.5 Å². The molecule has 446 valence electrons. The van der Waals surface area contributed by atoms with Crippen LogP contribution in [-0.4, -0.2) is 86.4 Å². The Morgan fingerprint density at radius 3 is 1.33 bits per heavy atom. The maximum absolute atomic E-state index is 11.6. The molecule has 11 nitrogen and oxygen atoms in total. The Hall–Kier alpha value is -8.84. The highest BCUT2D eigenvalue weighted by atomic mass is 16.2. The van der Waals surface area contributed by atoms with Gasteiger partial charge in [0.1, 0.15) is 23.1 Å². The van der Waals surface area contributed by atoms with Gasteiger partial charge >= 0.3 is 0 Å². The summed E-state index contributed by atoms with van der Waals surface area (Å²) < 4.78 is 0. The number of anilines is 1. The minimum Gasteiger partial charge on any atom is -0.326 e. The number of hydrogen-bond donors (Lipinski definition) is 5. The second-order valence-corrected chi connectivity index (χ2v) is 22.7. The lowest BCUT2D eigenvalue weighted by atomic mass is 9.84. The summed E-state index contributed by atoms with van der Waals surface area (Å²) in [6.45, 7) is 8.01. The number of amides is 1. The third-order valence-electron chi connectivity index (χ3n) is 16.5. The molecule has 8 aromatic carbocycles. The number of carbonyl (C=O) groups excluding carboxylic acids is 5. The van der Waals surface area contributed by atoms with Gasteiger partial charge in [-0.25, -0.2) is 0 Å². The number of nitrogens with zero attached hydrogens (tertiary/aromatic N) is 1. The van der Waals surface area contributed by atoms with Crippen LogP contribution in [0, 0.1) is 0 Å². The number of nitrogens with one attached hydrogen (secondary N) is 5. The average molecular weight is 1160 g/mol. The summed E-state index contributed by atoms with van der Waals surface area (Å²) >= 11 is 0. The summed E-state index contributed by atoms with van der Waals surface area (Å²) in [5.41, 5.74) is 21.9. The van der Waals surface area contributed by atoms with Crippen LogP contribution in [-0.2, 0) is 68.9 Å². The number of likely N-dealkylation sites (N-methyl/N-ethyl adjacent to an activating group) is 4. The molecule has 4 atom stereocenters. The average Bonchev–Trinajstić information content (AvgIpc) is 2.67. The molecule has 11 heteroatoms. The largest absolute Gasteiger partial charge is 0.326 e. The number of aryl methyl sites for hydroxylation is 2. The maximum Gasteiger partial charge on any atom is 0.221 e. The van der Waals surface area contributed by atoms with Gasteiger partial charge in [0, 0.05) is 29.8 Å². The fraction of sp³-hybridized carbons (Fsp3) is 0.263. The van der Waals surface area contributed by atoms with Gasteiger partial charge in [-0.1, -0.05) is 164 Å². The number of fused-ring (bicyclic) bond motifs is 7. The van der Waals surface area contributed by atoms with Crippen LogP contribution in [0.3, 0.4) is 0 Å². The normalized spacial score (nSPS) is 12.9. The first-order valence-electron chi connectivity index (χ1n) is 30.1. The van der Waals surface area contributed by atoms with E-state index in [1.54, 1.807) is 34.7 Å². The van der Waals surface area contributed by atoms with Gasteiger partial charge in [0.25, 0.3) is 0 Å². The molecular formula is C76H82N6O5. The SMILES string of the molecule is CN[C@@H](Cc1ccc(-c2cccc(NC(C)=O)c2)cc1)C(C)=O.CN[C@@H](Cc1ccc(-c2cnc3ccccc3c2)cc1)C(C)=O.CN[C@@H](Cc1ccc2c(c1)CCc1ccccc1-2)C(C)=O.CN[C@@H](Cc1ccc2c(c1)Cc1ccccc1-2)C(C)=O. The van der Waals surface area contributed by atoms with E-state index in [-0.39, 0.29) is 53.2 Å². The van der Waals surface area contributed by atoms with E-state index in [4.69, 9.17) is 0 Å². The van der Waals surface area contributed by atoms with E-state index in [9.17, 15) is 24.0 Å². The van der Waals surface area contributed by atoms with Crippen molar-refractivity contribution >= 4 is 45.6 Å². The number of Topliss-reactive ketones (excluding diaryl/α,β-unsaturated/α-hetero) is 4. The molecule has 11 rings (SSSR count). The monoisotopic (exact) mass is 1160 g/mol. The Morgan fingerprint density at radius 2 is 0.805 bits per heavy atom. The van der Waals surface area contributed by atoms with Gasteiger partial charge in [0.15, 0.2) is 0 Å². The van der Waals surface area contributed by atoms with Gasteiger partial charge in [-0.15, -0.1) is 0 Å². The minimum atomic E-state index is -0.149. The topological polar surface area (TPSA) is 158 Å². The number of aromatic nitrogens is 1. The van der Waals surface area contributed by atoms with E-state index in [2.05, 4.69) is 153 Å². The molecule has 0 saturated carbocycles. The highest BCUT2D eigenvalue weighted by molar-refractivity contribution is 5.90. The Kier molecular flexibility index (Phi) is 22.9. The van der Waals surface area contributed by atoms with E-state index >= 15 is 0 Å². The quantitative estimate of drug-likeness (QED) is 0.0528. The number of pyridine rings is 1. The Labute approximate surface area is 513 Å². The summed E-state index contributed by atoms with van der Waals surface area (Å²) in [5, 5.41) is 16.2. The van der Waals surface area contributed by atoms with Gasteiger partial charge in [0.05, 0.1) is 29.7 Å². The lowest BCUT2D eigenvalue weighted by molar-refractivity contribution is -0.119. The van der Waals surface area contributed by atoms with E-state index in [0.717, 1.165) is 82.1 Å². The van der Waals surface area contributed by atoms with Gasteiger partial charge in [-0.05, 0) is 209 Å². The van der Waals surface area contributed by atoms with Crippen molar-refractivity contribution in [3.63, 3.8) is 0 Å². The van der Waals surface area contributed by atoms with Crippen molar-refractivity contribution in [2.75, 3.05) is 33.5 Å². The minimum absolute atomic E-state index is 0.0835. The number of para-hydroxylation sites is 1. The Morgan fingerprint density at radius 1 is 0.379 bits per heavy atom. The molecule has 2 aliphatic carbocycles. The van der Waals surface area contributed by atoms with Crippen molar-refractivity contribution < 1.29 is 24.0 Å². The summed E-state index contributed by atoms with van der Waals surface area (Å²) in [6.07, 6.45) is 8.02. The molecule has 0 fully saturated rings. The maximum atomic E-state index is 11.6. The van der Waals surface area contributed by atoms with Gasteiger partial charge in [0.2, 0.25) is 5.91 Å². The molecule has 2 aliphatic rings. The molecule has 0 unspecified atom stereocenters. The van der Waals surface area contributed by atoms with Gasteiger partial charge < -0.3 is 26.6 Å². The van der Waals surface area contributed by atoms with E-state index < -0.39 is 0 Å². The van der Waals surface area contributed by atoms with Crippen LogP contribution in [0.5, 0.6) is 0 Å². The first kappa shape index (κ1) is 64.2. The second kappa shape index (κ2) is 31.0. The highest BCUT2D eigenvalue weighted by Crippen LogP contribution is 2.37. The Balaban J connectivity index is 0.000000151. The van der Waals surface area contributed by atoms with Crippen LogP contribution in [0.15, 0.2) is 194 Å². The number of ketones is 4. The van der Waals surface area contributed by atoms with Crippen LogP contribution in [0.4, 0.5) is 5.69 Å². The van der Waals surface area contributed by atoms with Crippen molar-refractivity contribution in [1.29, 1.82) is 0 Å². The molecule has 0 radical (unpaired) electrons. The number of benzene rings is 8. The molecule has 0 bridgehead atoms. The lowest BCUT2D eigenvalue weighted by Crippen LogP contribution is -2.34. The molecule has 1 heterocycles. The molecular weight excluding hydrogens is 1080 g/mol. The van der Waals surface area contributed by atoms with E-state index in [1.807, 2.05) is 94.1 Å². The molecule has 5 N–H and O–H groups in total. The molecule has 87 heavy (non-hydrogen) atoms. The van der Waals surface area contributed by atoms with Crippen LogP contribution >= 0.6 is 0 Å². The van der Waals surface area contributed by atoms with Crippen LogP contribution in [0.2, 0.25) is 0 Å². The van der Waals surface area contributed by atoms with Crippen molar-refractivity contribution in [1.82, 2.24) is 26.3 Å². The first-order valence-corrected chi connectivity index (χ1v) is 30.1. The second-order valence-electron chi connectivity index (χ2n) is 22.7. The smallest absolute Gasteiger partial charge is 0.221 e. The fourth-order valence-electron chi connectivity index (χ4n) is 11.5. The lowest BCUT2D eigenvalue weighted by Gasteiger charge is -2.21. The summed E-state index contributed by atoms with van der Waals surface area (Å²) in [7, 11) is 7.31. The summed E-state index contributed by atoms with van der Waals surface area (Å²) in [6, 6.07) is 64.5. The summed E-state index contributed by atoms with van der Waals surface area (Å²) in [5.74, 6) is 0.603. The molecule has 0 spiro atoms. The zero-order chi connectivity index (χ0) is 62.0. The molecule has 1 aromatic heterocycles. The van der Waals surface area contributed by atoms with Gasteiger partial charge in [-0.2, -0.15) is 0 Å². The predicted octanol–water partition coefficient (Wildman–Crippen LogP) is 12.8. The highest BCUT2D eigenvalue weighted by Gasteiger charge is 2.21. The first-order chi connectivity index (χ1) is 42.0. The van der Waals surface area contributed by atoms with E-state index in [0.29, 0.717) is 12.8 Å². The predicted molar refractivity (Wildman–Crippen MR) is 356 cm³/mol. The van der Waals surface area contributed by atoms with Crippen molar-refractivity contribution in [2.45, 2.75) is 104 Å².